The van der Waals surface area contributed by atoms with Crippen molar-refractivity contribution in [3.8, 4) is 0 Å². The number of rotatable bonds is 4. The topological polar surface area (TPSA) is 44.9 Å². The molecular weight excluding hydrogens is 272 g/mol. The van der Waals surface area contributed by atoms with Crippen LogP contribution in [0.25, 0.3) is 10.9 Å². The van der Waals surface area contributed by atoms with E-state index in [-0.39, 0.29) is 5.91 Å². The number of aryl methyl sites for hydroxylation is 2. The molecule has 1 aromatic heterocycles. The predicted molar refractivity (Wildman–Crippen MR) is 82.1 cm³/mol. The van der Waals surface area contributed by atoms with Gasteiger partial charge in [0.15, 0.2) is 0 Å². The van der Waals surface area contributed by atoms with Gasteiger partial charge in [0.1, 0.15) is 0 Å². The molecule has 0 fully saturated rings. The molecule has 0 unspecified atom stereocenters. The van der Waals surface area contributed by atoms with E-state index in [0.29, 0.717) is 18.8 Å². The number of aromatic amines is 1. The highest BCUT2D eigenvalue weighted by atomic mass is 35.5. The van der Waals surface area contributed by atoms with Crippen molar-refractivity contribution in [2.45, 2.75) is 38.6 Å². The Balaban J connectivity index is 1.81. The Bertz CT molecular complexity index is 633. The molecule has 0 atom stereocenters. The van der Waals surface area contributed by atoms with Crippen molar-refractivity contribution < 1.29 is 4.79 Å². The summed E-state index contributed by atoms with van der Waals surface area (Å²) in [6.45, 7) is 0.575. The highest BCUT2D eigenvalue weighted by Gasteiger charge is 2.15. The first kappa shape index (κ1) is 13.5. The number of halogens is 1. The number of aromatic nitrogens is 1. The number of hydrogen-bond donors (Lipinski definition) is 2. The van der Waals surface area contributed by atoms with Gasteiger partial charge in [-0.05, 0) is 48.9 Å². The summed E-state index contributed by atoms with van der Waals surface area (Å²) in [7, 11) is 0. The van der Waals surface area contributed by atoms with Gasteiger partial charge in [0.05, 0.1) is 0 Å². The summed E-state index contributed by atoms with van der Waals surface area (Å²) in [6.07, 6.45) is 5.25. The van der Waals surface area contributed by atoms with Gasteiger partial charge >= 0.3 is 0 Å². The number of amides is 1. The molecule has 20 heavy (non-hydrogen) atoms. The van der Waals surface area contributed by atoms with Crippen LogP contribution in [0.3, 0.4) is 0 Å². The van der Waals surface area contributed by atoms with Crippen LogP contribution in [0.1, 0.15) is 36.1 Å². The maximum Gasteiger partial charge on any atom is 0.221 e. The molecule has 2 aromatic rings. The quantitative estimate of drug-likeness (QED) is 0.834. The van der Waals surface area contributed by atoms with Gasteiger partial charge in [-0.3, -0.25) is 4.79 Å². The predicted octanol–water partition coefficient (Wildman–Crippen LogP) is 3.29. The molecule has 0 spiro atoms. The Kier molecular flexibility index (Phi) is 3.97. The fourth-order valence-electron chi connectivity index (χ4n) is 2.94. The molecule has 1 amide bonds. The van der Waals surface area contributed by atoms with E-state index in [9.17, 15) is 4.79 Å². The molecule has 1 aliphatic carbocycles. The SMILES string of the molecule is O=C(CCCl)NCc1ccc2[nH]c3c(c2c1)CCCC3. The largest absolute Gasteiger partial charge is 0.358 e. The van der Waals surface area contributed by atoms with Crippen molar-refractivity contribution in [1.29, 1.82) is 0 Å². The number of alkyl halides is 1. The lowest BCUT2D eigenvalue weighted by Crippen LogP contribution is -2.22. The van der Waals surface area contributed by atoms with E-state index in [2.05, 4.69) is 28.5 Å². The second-order valence-electron chi connectivity index (χ2n) is 5.38. The summed E-state index contributed by atoms with van der Waals surface area (Å²) in [5.74, 6) is 0.382. The zero-order valence-electron chi connectivity index (χ0n) is 11.5. The molecule has 0 saturated carbocycles. The summed E-state index contributed by atoms with van der Waals surface area (Å²) in [5, 5.41) is 4.23. The van der Waals surface area contributed by atoms with E-state index in [1.165, 1.54) is 35.0 Å². The third-order valence-electron chi connectivity index (χ3n) is 3.97. The fraction of sp³-hybridized carbons (Fsp3) is 0.438. The van der Waals surface area contributed by atoms with E-state index >= 15 is 0 Å². The summed E-state index contributed by atoms with van der Waals surface area (Å²) >= 11 is 5.56. The first-order valence-electron chi connectivity index (χ1n) is 7.23. The molecule has 3 nitrogen and oxygen atoms in total. The van der Waals surface area contributed by atoms with Crippen LogP contribution in [-0.4, -0.2) is 16.8 Å². The highest BCUT2D eigenvalue weighted by molar-refractivity contribution is 6.18. The van der Waals surface area contributed by atoms with Crippen molar-refractivity contribution in [3.63, 3.8) is 0 Å². The van der Waals surface area contributed by atoms with Crippen LogP contribution in [0.4, 0.5) is 0 Å². The minimum Gasteiger partial charge on any atom is -0.358 e. The molecule has 0 saturated heterocycles. The molecule has 1 aliphatic rings. The lowest BCUT2D eigenvalue weighted by atomic mass is 9.95. The first-order valence-corrected chi connectivity index (χ1v) is 7.76. The van der Waals surface area contributed by atoms with Gasteiger partial charge in [-0.15, -0.1) is 11.6 Å². The van der Waals surface area contributed by atoms with Crippen molar-refractivity contribution in [1.82, 2.24) is 10.3 Å². The molecule has 1 heterocycles. The van der Waals surface area contributed by atoms with E-state index in [0.717, 1.165) is 18.4 Å². The Morgan fingerprint density at radius 2 is 2.15 bits per heavy atom. The average molecular weight is 291 g/mol. The lowest BCUT2D eigenvalue weighted by molar-refractivity contribution is -0.120. The van der Waals surface area contributed by atoms with Crippen LogP contribution in [0, 0.1) is 0 Å². The number of benzene rings is 1. The van der Waals surface area contributed by atoms with Gasteiger partial charge < -0.3 is 10.3 Å². The number of hydrogen-bond acceptors (Lipinski definition) is 1. The lowest BCUT2D eigenvalue weighted by Gasteiger charge is -2.10. The zero-order valence-corrected chi connectivity index (χ0v) is 12.2. The van der Waals surface area contributed by atoms with Gasteiger partial charge in [0, 0.05) is 35.4 Å². The van der Waals surface area contributed by atoms with Crippen molar-refractivity contribution in [2.24, 2.45) is 0 Å². The van der Waals surface area contributed by atoms with Gasteiger partial charge in [-0.25, -0.2) is 0 Å². The number of H-pyrrole nitrogens is 1. The monoisotopic (exact) mass is 290 g/mol. The molecular formula is C16H19ClN2O. The van der Waals surface area contributed by atoms with Gasteiger partial charge in [0.2, 0.25) is 5.91 Å². The molecule has 3 rings (SSSR count). The smallest absolute Gasteiger partial charge is 0.221 e. The van der Waals surface area contributed by atoms with Crippen molar-refractivity contribution >= 4 is 28.4 Å². The third kappa shape index (κ3) is 2.68. The Morgan fingerprint density at radius 3 is 3.00 bits per heavy atom. The normalized spacial score (nSPS) is 14.2. The number of carbonyl (C=O) groups excluding carboxylic acids is 1. The van der Waals surface area contributed by atoms with Gasteiger partial charge in [-0.2, -0.15) is 0 Å². The summed E-state index contributed by atoms with van der Waals surface area (Å²) in [5.41, 5.74) is 5.23. The maximum atomic E-state index is 11.5. The van der Waals surface area contributed by atoms with E-state index in [1.807, 2.05) is 0 Å². The standard InChI is InChI=1S/C16H19ClN2O/c17-8-7-16(20)18-10-11-5-6-15-13(9-11)12-3-1-2-4-14(12)19-15/h5-6,9,19H,1-4,7-8,10H2,(H,18,20). The number of carbonyl (C=O) groups is 1. The molecule has 4 heteroatoms. The third-order valence-corrected chi connectivity index (χ3v) is 4.16. The van der Waals surface area contributed by atoms with Gasteiger partial charge in [0.25, 0.3) is 0 Å². The van der Waals surface area contributed by atoms with E-state index in [1.54, 1.807) is 0 Å². The highest BCUT2D eigenvalue weighted by Crippen LogP contribution is 2.29. The van der Waals surface area contributed by atoms with Crippen LogP contribution in [0.5, 0.6) is 0 Å². The average Bonchev–Trinajstić information content (AvgIpc) is 2.83. The summed E-state index contributed by atoms with van der Waals surface area (Å²) in [6, 6.07) is 6.40. The molecule has 0 bridgehead atoms. The van der Waals surface area contributed by atoms with Crippen LogP contribution in [0.2, 0.25) is 0 Å². The van der Waals surface area contributed by atoms with Crippen molar-refractivity contribution in [3.05, 3.63) is 35.0 Å². The van der Waals surface area contributed by atoms with Gasteiger partial charge in [-0.1, -0.05) is 6.07 Å². The van der Waals surface area contributed by atoms with Crippen LogP contribution in [0.15, 0.2) is 18.2 Å². The second-order valence-corrected chi connectivity index (χ2v) is 5.76. The Hall–Kier alpha value is -1.48. The van der Waals surface area contributed by atoms with Crippen molar-refractivity contribution in [2.75, 3.05) is 5.88 Å². The maximum absolute atomic E-state index is 11.5. The fourth-order valence-corrected chi connectivity index (χ4v) is 3.11. The minimum atomic E-state index is 0.0104. The molecule has 0 aliphatic heterocycles. The van der Waals surface area contributed by atoms with Crippen LogP contribution >= 0.6 is 11.6 Å². The summed E-state index contributed by atoms with van der Waals surface area (Å²) in [4.78, 5) is 15.0. The summed E-state index contributed by atoms with van der Waals surface area (Å²) < 4.78 is 0. The Labute approximate surface area is 123 Å². The number of fused-ring (bicyclic) bond motifs is 3. The van der Waals surface area contributed by atoms with Crippen LogP contribution < -0.4 is 5.32 Å². The Morgan fingerprint density at radius 1 is 1.30 bits per heavy atom. The van der Waals surface area contributed by atoms with E-state index in [4.69, 9.17) is 11.6 Å². The molecule has 106 valence electrons. The first-order chi connectivity index (χ1) is 9.78. The van der Waals surface area contributed by atoms with E-state index < -0.39 is 0 Å². The molecule has 1 aromatic carbocycles. The molecule has 2 N–H and O–H groups in total. The number of nitrogens with one attached hydrogen (secondary N) is 2. The molecule has 0 radical (unpaired) electrons. The zero-order chi connectivity index (χ0) is 13.9. The minimum absolute atomic E-state index is 0.0104. The van der Waals surface area contributed by atoms with Crippen LogP contribution in [-0.2, 0) is 24.2 Å². The second kappa shape index (κ2) is 5.88.